The van der Waals surface area contributed by atoms with Crippen LogP contribution in [0.5, 0.6) is 0 Å². The van der Waals surface area contributed by atoms with E-state index in [0.717, 1.165) is 24.2 Å². The molecular formula is C15H21N3S. The standard InChI is InChI=1S/C15H21N3S/c16-14(19)12-9-10-5-1-4-8-13(10)18-15(12)17-11-6-2-3-7-11/h9,11H,1-8H2,(H2,16,19)(H,17,18). The van der Waals surface area contributed by atoms with Gasteiger partial charge in [0.2, 0.25) is 0 Å². The molecule has 0 atom stereocenters. The van der Waals surface area contributed by atoms with Crippen molar-refractivity contribution >= 4 is 23.0 Å². The fourth-order valence-electron chi connectivity index (χ4n) is 3.20. The molecule has 0 radical (unpaired) electrons. The molecule has 1 fully saturated rings. The first-order valence-electron chi connectivity index (χ1n) is 7.33. The summed E-state index contributed by atoms with van der Waals surface area (Å²) >= 11 is 5.19. The molecule has 0 aromatic carbocycles. The number of rotatable bonds is 3. The van der Waals surface area contributed by atoms with Crippen LogP contribution in [0, 0.1) is 0 Å². The summed E-state index contributed by atoms with van der Waals surface area (Å²) in [6.45, 7) is 0. The number of anilines is 1. The third-order valence-electron chi connectivity index (χ3n) is 4.26. The molecule has 3 N–H and O–H groups in total. The molecule has 4 heteroatoms. The summed E-state index contributed by atoms with van der Waals surface area (Å²) < 4.78 is 0. The van der Waals surface area contributed by atoms with E-state index in [4.69, 9.17) is 22.9 Å². The van der Waals surface area contributed by atoms with Gasteiger partial charge in [0.15, 0.2) is 0 Å². The van der Waals surface area contributed by atoms with Gasteiger partial charge in [0.05, 0.1) is 5.56 Å². The Hall–Kier alpha value is -1.16. The number of hydrogen-bond acceptors (Lipinski definition) is 3. The fraction of sp³-hybridized carbons (Fsp3) is 0.600. The zero-order chi connectivity index (χ0) is 13.2. The van der Waals surface area contributed by atoms with Crippen LogP contribution in [0.1, 0.15) is 55.3 Å². The van der Waals surface area contributed by atoms with E-state index in [-0.39, 0.29) is 0 Å². The van der Waals surface area contributed by atoms with Gasteiger partial charge in [-0.05, 0) is 50.2 Å². The SMILES string of the molecule is NC(=S)c1cc2c(nc1NC1CCCC1)CCCC2. The molecular weight excluding hydrogens is 254 g/mol. The number of aryl methyl sites for hydroxylation is 2. The fourth-order valence-corrected chi connectivity index (χ4v) is 3.35. The molecule has 2 aliphatic carbocycles. The molecule has 1 saturated carbocycles. The summed E-state index contributed by atoms with van der Waals surface area (Å²) in [4.78, 5) is 5.28. The Labute approximate surface area is 120 Å². The van der Waals surface area contributed by atoms with Gasteiger partial charge in [-0.15, -0.1) is 0 Å². The maximum Gasteiger partial charge on any atom is 0.136 e. The number of nitrogens with two attached hydrogens (primary N) is 1. The summed E-state index contributed by atoms with van der Waals surface area (Å²) in [7, 11) is 0. The van der Waals surface area contributed by atoms with E-state index in [2.05, 4.69) is 11.4 Å². The molecule has 0 spiro atoms. The molecule has 1 aromatic heterocycles. The van der Waals surface area contributed by atoms with Crippen LogP contribution in [0.2, 0.25) is 0 Å². The minimum absolute atomic E-state index is 0.460. The lowest BCUT2D eigenvalue weighted by Crippen LogP contribution is -2.22. The van der Waals surface area contributed by atoms with Crippen LogP contribution in [0.3, 0.4) is 0 Å². The average Bonchev–Trinajstić information content (AvgIpc) is 2.90. The maximum absolute atomic E-state index is 5.87. The first-order chi connectivity index (χ1) is 9.24. The Morgan fingerprint density at radius 1 is 1.21 bits per heavy atom. The molecule has 1 heterocycles. The monoisotopic (exact) mass is 275 g/mol. The Balaban J connectivity index is 1.93. The van der Waals surface area contributed by atoms with Crippen molar-refractivity contribution in [2.45, 2.75) is 57.4 Å². The average molecular weight is 275 g/mol. The highest BCUT2D eigenvalue weighted by Gasteiger charge is 2.20. The number of pyridine rings is 1. The van der Waals surface area contributed by atoms with Gasteiger partial charge in [-0.3, -0.25) is 0 Å². The number of fused-ring (bicyclic) bond motifs is 1. The van der Waals surface area contributed by atoms with Gasteiger partial charge in [-0.1, -0.05) is 25.1 Å². The number of nitrogens with zero attached hydrogens (tertiary/aromatic N) is 1. The summed E-state index contributed by atoms with van der Waals surface area (Å²) in [5.74, 6) is 0.917. The van der Waals surface area contributed by atoms with Crippen LogP contribution in [0.4, 0.5) is 5.82 Å². The van der Waals surface area contributed by atoms with E-state index in [1.807, 2.05) is 0 Å². The number of thiocarbonyl (C=S) groups is 1. The van der Waals surface area contributed by atoms with Crippen LogP contribution in [-0.2, 0) is 12.8 Å². The molecule has 0 aliphatic heterocycles. The topological polar surface area (TPSA) is 50.9 Å². The summed E-state index contributed by atoms with van der Waals surface area (Å²) in [6.07, 6.45) is 9.78. The quantitative estimate of drug-likeness (QED) is 0.833. The predicted molar refractivity (Wildman–Crippen MR) is 82.6 cm³/mol. The van der Waals surface area contributed by atoms with E-state index in [1.54, 1.807) is 0 Å². The third-order valence-corrected chi connectivity index (χ3v) is 4.48. The van der Waals surface area contributed by atoms with Crippen molar-refractivity contribution in [1.29, 1.82) is 0 Å². The lowest BCUT2D eigenvalue weighted by Gasteiger charge is -2.21. The highest BCUT2D eigenvalue weighted by molar-refractivity contribution is 7.80. The van der Waals surface area contributed by atoms with Gasteiger partial charge in [0, 0.05) is 11.7 Å². The van der Waals surface area contributed by atoms with Crippen LogP contribution < -0.4 is 11.1 Å². The molecule has 0 saturated heterocycles. The molecule has 102 valence electrons. The number of aromatic nitrogens is 1. The lowest BCUT2D eigenvalue weighted by molar-refractivity contribution is 0.665. The van der Waals surface area contributed by atoms with Gasteiger partial charge < -0.3 is 11.1 Å². The zero-order valence-corrected chi connectivity index (χ0v) is 12.1. The van der Waals surface area contributed by atoms with Crippen molar-refractivity contribution in [3.63, 3.8) is 0 Å². The van der Waals surface area contributed by atoms with Gasteiger partial charge in [0.1, 0.15) is 10.8 Å². The van der Waals surface area contributed by atoms with Crippen LogP contribution >= 0.6 is 12.2 Å². The number of hydrogen-bond donors (Lipinski definition) is 2. The Morgan fingerprint density at radius 3 is 2.68 bits per heavy atom. The van der Waals surface area contributed by atoms with E-state index in [9.17, 15) is 0 Å². The van der Waals surface area contributed by atoms with Crippen LogP contribution in [-0.4, -0.2) is 16.0 Å². The first kappa shape index (κ1) is 12.9. The summed E-state index contributed by atoms with van der Waals surface area (Å²) in [6, 6.07) is 2.71. The molecule has 0 bridgehead atoms. The second-order valence-electron chi connectivity index (χ2n) is 5.69. The van der Waals surface area contributed by atoms with Crippen LogP contribution in [0.15, 0.2) is 6.07 Å². The molecule has 0 unspecified atom stereocenters. The van der Waals surface area contributed by atoms with Crippen molar-refractivity contribution in [1.82, 2.24) is 4.98 Å². The predicted octanol–water partition coefficient (Wildman–Crippen LogP) is 2.95. The van der Waals surface area contributed by atoms with Crippen molar-refractivity contribution in [2.75, 3.05) is 5.32 Å². The molecule has 19 heavy (non-hydrogen) atoms. The van der Waals surface area contributed by atoms with E-state index >= 15 is 0 Å². The normalized spacial score (nSPS) is 19.2. The van der Waals surface area contributed by atoms with Crippen molar-refractivity contribution in [2.24, 2.45) is 5.73 Å². The maximum atomic E-state index is 5.87. The smallest absolute Gasteiger partial charge is 0.136 e. The van der Waals surface area contributed by atoms with Crippen molar-refractivity contribution in [3.05, 3.63) is 22.9 Å². The van der Waals surface area contributed by atoms with Gasteiger partial charge >= 0.3 is 0 Å². The molecule has 0 amide bonds. The van der Waals surface area contributed by atoms with Gasteiger partial charge in [-0.2, -0.15) is 0 Å². The Bertz CT molecular complexity index is 492. The lowest BCUT2D eigenvalue weighted by atomic mass is 9.94. The first-order valence-corrected chi connectivity index (χ1v) is 7.74. The van der Waals surface area contributed by atoms with Gasteiger partial charge in [-0.25, -0.2) is 4.98 Å². The van der Waals surface area contributed by atoms with E-state index in [1.165, 1.54) is 49.8 Å². The van der Waals surface area contributed by atoms with Crippen molar-refractivity contribution < 1.29 is 0 Å². The highest BCUT2D eigenvalue weighted by Crippen LogP contribution is 2.27. The molecule has 1 aromatic rings. The van der Waals surface area contributed by atoms with E-state index in [0.29, 0.717) is 11.0 Å². The number of nitrogens with one attached hydrogen (secondary N) is 1. The largest absolute Gasteiger partial charge is 0.389 e. The van der Waals surface area contributed by atoms with Crippen LogP contribution in [0.25, 0.3) is 0 Å². The molecule has 2 aliphatic rings. The summed E-state index contributed by atoms with van der Waals surface area (Å²) in [5, 5.41) is 3.56. The Kier molecular flexibility index (Phi) is 3.69. The third kappa shape index (κ3) is 2.73. The van der Waals surface area contributed by atoms with E-state index < -0.39 is 0 Å². The molecule has 3 nitrogen and oxygen atoms in total. The minimum atomic E-state index is 0.460. The zero-order valence-electron chi connectivity index (χ0n) is 11.2. The minimum Gasteiger partial charge on any atom is -0.389 e. The highest BCUT2D eigenvalue weighted by atomic mass is 32.1. The second kappa shape index (κ2) is 5.45. The second-order valence-corrected chi connectivity index (χ2v) is 6.13. The molecule has 3 rings (SSSR count). The Morgan fingerprint density at radius 2 is 1.95 bits per heavy atom. The summed E-state index contributed by atoms with van der Waals surface area (Å²) in [5.41, 5.74) is 9.39. The van der Waals surface area contributed by atoms with Gasteiger partial charge in [0.25, 0.3) is 0 Å². The van der Waals surface area contributed by atoms with Crippen molar-refractivity contribution in [3.8, 4) is 0 Å².